The molecule has 0 unspecified atom stereocenters. The zero-order valence-corrected chi connectivity index (χ0v) is 20.7. The van der Waals surface area contributed by atoms with E-state index in [1.165, 1.54) is 0 Å². The standard InChI is InChI=1S/C28H31N5O3/c1-3-33-26-24(19-25(27(33)34)21-7-5-4-6-8-21)20(2)29-28(31-26)30-22-9-11-23(12-10-22)36-18-15-32-13-16-35-17-14-32/h4-12,19H,3,13-18H2,1-2H3,(H,29,30,31). The first-order valence-electron chi connectivity index (χ1n) is 12.4. The van der Waals surface area contributed by atoms with E-state index in [1.807, 2.05) is 74.5 Å². The molecule has 4 aromatic rings. The number of anilines is 2. The number of fused-ring (bicyclic) bond motifs is 1. The summed E-state index contributed by atoms with van der Waals surface area (Å²) in [6.45, 7) is 9.43. The van der Waals surface area contributed by atoms with Gasteiger partial charge in [0.1, 0.15) is 18.0 Å². The third-order valence-corrected chi connectivity index (χ3v) is 6.43. The zero-order valence-electron chi connectivity index (χ0n) is 20.7. The predicted octanol–water partition coefficient (Wildman–Crippen LogP) is 4.24. The molecule has 8 heteroatoms. The van der Waals surface area contributed by atoms with Gasteiger partial charge in [-0.05, 0) is 49.7 Å². The van der Waals surface area contributed by atoms with Crippen molar-refractivity contribution in [2.75, 3.05) is 44.8 Å². The van der Waals surface area contributed by atoms with Gasteiger partial charge in [0.15, 0.2) is 0 Å². The molecule has 0 aliphatic carbocycles. The Kier molecular flexibility index (Phi) is 7.25. The molecule has 0 bridgehead atoms. The molecular formula is C28H31N5O3. The summed E-state index contributed by atoms with van der Waals surface area (Å²) in [6, 6.07) is 19.4. The van der Waals surface area contributed by atoms with Crippen LogP contribution in [0.5, 0.6) is 5.75 Å². The SMILES string of the molecule is CCn1c(=O)c(-c2ccccc2)cc2c(C)nc(Nc3ccc(OCCN4CCOCC4)cc3)nc21. The van der Waals surface area contributed by atoms with E-state index in [1.54, 1.807) is 4.57 Å². The molecule has 3 heterocycles. The Morgan fingerprint density at radius 1 is 1.03 bits per heavy atom. The number of hydrogen-bond acceptors (Lipinski definition) is 7. The van der Waals surface area contributed by atoms with Gasteiger partial charge in [-0.25, -0.2) is 4.98 Å². The van der Waals surface area contributed by atoms with Crippen LogP contribution in [-0.4, -0.2) is 58.9 Å². The van der Waals surface area contributed by atoms with Crippen LogP contribution in [-0.2, 0) is 11.3 Å². The van der Waals surface area contributed by atoms with Gasteiger partial charge in [0.05, 0.1) is 18.9 Å². The Morgan fingerprint density at radius 2 is 1.78 bits per heavy atom. The fourth-order valence-corrected chi connectivity index (χ4v) is 4.44. The maximum atomic E-state index is 13.3. The minimum Gasteiger partial charge on any atom is -0.492 e. The molecule has 0 amide bonds. The molecule has 1 saturated heterocycles. The van der Waals surface area contributed by atoms with Gasteiger partial charge in [-0.3, -0.25) is 14.3 Å². The maximum absolute atomic E-state index is 13.3. The first-order chi connectivity index (χ1) is 17.6. The number of nitrogens with zero attached hydrogens (tertiary/aromatic N) is 4. The van der Waals surface area contributed by atoms with Crippen LogP contribution in [0.15, 0.2) is 65.5 Å². The van der Waals surface area contributed by atoms with Gasteiger partial charge in [-0.2, -0.15) is 4.98 Å². The molecule has 36 heavy (non-hydrogen) atoms. The Bertz CT molecular complexity index is 1380. The Balaban J connectivity index is 1.34. The van der Waals surface area contributed by atoms with Crippen LogP contribution in [0.25, 0.3) is 22.2 Å². The molecule has 1 aliphatic rings. The highest BCUT2D eigenvalue weighted by molar-refractivity contribution is 5.84. The van der Waals surface area contributed by atoms with Gasteiger partial charge in [0.2, 0.25) is 5.95 Å². The van der Waals surface area contributed by atoms with Crippen LogP contribution in [0, 0.1) is 6.92 Å². The summed E-state index contributed by atoms with van der Waals surface area (Å²) in [5.41, 5.74) is 3.77. The highest BCUT2D eigenvalue weighted by Crippen LogP contribution is 2.25. The van der Waals surface area contributed by atoms with E-state index in [0.717, 1.165) is 60.9 Å². The fourth-order valence-electron chi connectivity index (χ4n) is 4.44. The molecule has 1 aliphatic heterocycles. The fraction of sp³-hybridized carbons (Fsp3) is 0.321. The van der Waals surface area contributed by atoms with Crippen LogP contribution in [0.4, 0.5) is 11.6 Å². The summed E-state index contributed by atoms with van der Waals surface area (Å²) in [5.74, 6) is 1.27. The zero-order chi connectivity index (χ0) is 24.9. The second kappa shape index (κ2) is 10.9. The van der Waals surface area contributed by atoms with Crippen LogP contribution in [0.3, 0.4) is 0 Å². The average Bonchev–Trinajstić information content (AvgIpc) is 2.91. The lowest BCUT2D eigenvalue weighted by molar-refractivity contribution is 0.0322. The lowest BCUT2D eigenvalue weighted by Crippen LogP contribution is -2.38. The molecule has 0 atom stereocenters. The highest BCUT2D eigenvalue weighted by atomic mass is 16.5. The Hall–Kier alpha value is -3.75. The summed E-state index contributed by atoms with van der Waals surface area (Å²) in [6.07, 6.45) is 0. The summed E-state index contributed by atoms with van der Waals surface area (Å²) in [5, 5.41) is 4.14. The van der Waals surface area contributed by atoms with E-state index < -0.39 is 0 Å². The second-order valence-electron chi connectivity index (χ2n) is 8.80. The summed E-state index contributed by atoms with van der Waals surface area (Å²) in [7, 11) is 0. The van der Waals surface area contributed by atoms with E-state index in [4.69, 9.17) is 14.5 Å². The van der Waals surface area contributed by atoms with Crippen LogP contribution < -0.4 is 15.6 Å². The number of morpholine rings is 1. The van der Waals surface area contributed by atoms with Crippen molar-refractivity contribution in [3.63, 3.8) is 0 Å². The number of benzene rings is 2. The Morgan fingerprint density at radius 3 is 2.50 bits per heavy atom. The van der Waals surface area contributed by atoms with Gasteiger partial charge in [-0.1, -0.05) is 30.3 Å². The lowest BCUT2D eigenvalue weighted by atomic mass is 10.1. The number of rotatable bonds is 8. The van der Waals surface area contributed by atoms with Crippen molar-refractivity contribution in [1.82, 2.24) is 19.4 Å². The number of hydrogen-bond donors (Lipinski definition) is 1. The van der Waals surface area contributed by atoms with E-state index >= 15 is 0 Å². The molecule has 0 saturated carbocycles. The highest BCUT2D eigenvalue weighted by Gasteiger charge is 2.15. The molecule has 1 fully saturated rings. The molecule has 2 aromatic heterocycles. The first-order valence-corrected chi connectivity index (χ1v) is 12.4. The number of nitrogens with one attached hydrogen (secondary N) is 1. The molecule has 0 spiro atoms. The largest absolute Gasteiger partial charge is 0.492 e. The summed E-state index contributed by atoms with van der Waals surface area (Å²) in [4.78, 5) is 25.0. The molecule has 0 radical (unpaired) electrons. The number of aryl methyl sites for hydroxylation is 2. The Labute approximate surface area is 210 Å². The van der Waals surface area contributed by atoms with Crippen molar-refractivity contribution in [3.05, 3.63) is 76.7 Å². The number of pyridine rings is 1. The van der Waals surface area contributed by atoms with E-state index in [0.29, 0.717) is 30.3 Å². The third-order valence-electron chi connectivity index (χ3n) is 6.43. The van der Waals surface area contributed by atoms with Crippen molar-refractivity contribution >= 4 is 22.7 Å². The van der Waals surface area contributed by atoms with Gasteiger partial charge in [-0.15, -0.1) is 0 Å². The summed E-state index contributed by atoms with van der Waals surface area (Å²) < 4.78 is 13.0. The van der Waals surface area contributed by atoms with E-state index in [2.05, 4.69) is 15.2 Å². The van der Waals surface area contributed by atoms with E-state index in [-0.39, 0.29) is 5.56 Å². The molecule has 1 N–H and O–H groups in total. The van der Waals surface area contributed by atoms with Crippen LogP contribution >= 0.6 is 0 Å². The predicted molar refractivity (Wildman–Crippen MR) is 142 cm³/mol. The normalized spacial score (nSPS) is 14.2. The average molecular weight is 486 g/mol. The topological polar surface area (TPSA) is 81.5 Å². The van der Waals surface area contributed by atoms with Crippen molar-refractivity contribution in [2.45, 2.75) is 20.4 Å². The molecule has 5 rings (SSSR count). The monoisotopic (exact) mass is 485 g/mol. The number of ether oxygens (including phenoxy) is 2. The maximum Gasteiger partial charge on any atom is 0.260 e. The molecule has 8 nitrogen and oxygen atoms in total. The molecular weight excluding hydrogens is 454 g/mol. The lowest BCUT2D eigenvalue weighted by Gasteiger charge is -2.26. The quantitative estimate of drug-likeness (QED) is 0.400. The minimum atomic E-state index is -0.0566. The smallest absolute Gasteiger partial charge is 0.260 e. The molecule has 2 aromatic carbocycles. The molecule has 186 valence electrons. The van der Waals surface area contributed by atoms with Gasteiger partial charge >= 0.3 is 0 Å². The van der Waals surface area contributed by atoms with Crippen LogP contribution in [0.2, 0.25) is 0 Å². The van der Waals surface area contributed by atoms with Gasteiger partial charge in [0.25, 0.3) is 5.56 Å². The van der Waals surface area contributed by atoms with E-state index in [9.17, 15) is 4.79 Å². The third kappa shape index (κ3) is 5.24. The van der Waals surface area contributed by atoms with Crippen LogP contribution in [0.1, 0.15) is 12.6 Å². The van der Waals surface area contributed by atoms with Crippen molar-refractivity contribution in [3.8, 4) is 16.9 Å². The second-order valence-corrected chi connectivity index (χ2v) is 8.80. The first kappa shape index (κ1) is 24.0. The minimum absolute atomic E-state index is 0.0566. The summed E-state index contributed by atoms with van der Waals surface area (Å²) >= 11 is 0. The van der Waals surface area contributed by atoms with Crippen molar-refractivity contribution in [1.29, 1.82) is 0 Å². The van der Waals surface area contributed by atoms with Gasteiger partial charge < -0.3 is 14.8 Å². The van der Waals surface area contributed by atoms with Gasteiger partial charge in [0, 0.05) is 42.8 Å². The van der Waals surface area contributed by atoms with Crippen molar-refractivity contribution < 1.29 is 9.47 Å². The van der Waals surface area contributed by atoms with Crippen molar-refractivity contribution in [2.24, 2.45) is 0 Å². The number of aromatic nitrogens is 3.